The van der Waals surface area contributed by atoms with Crippen molar-refractivity contribution in [3.05, 3.63) is 59.9 Å². The molecule has 8 nitrogen and oxygen atoms in total. The summed E-state index contributed by atoms with van der Waals surface area (Å²) in [6.07, 6.45) is 0. The second-order valence-corrected chi connectivity index (χ2v) is 6.60. The van der Waals surface area contributed by atoms with Crippen molar-refractivity contribution < 1.29 is 23.5 Å². The molecule has 10 heteroatoms. The van der Waals surface area contributed by atoms with Crippen LogP contribution in [0.5, 0.6) is 5.75 Å². The van der Waals surface area contributed by atoms with Crippen molar-refractivity contribution >= 4 is 23.5 Å². The number of halogens is 1. The summed E-state index contributed by atoms with van der Waals surface area (Å²) in [6, 6.07) is 12.3. The minimum atomic E-state index is -0.599. The topological polar surface area (TPSA) is 96.2 Å². The minimum absolute atomic E-state index is 0.0894. The fraction of sp³-hybridized carbons (Fsp3) is 0.211. The summed E-state index contributed by atoms with van der Waals surface area (Å²) in [4.78, 5) is 24.0. The van der Waals surface area contributed by atoms with E-state index in [1.165, 1.54) is 28.9 Å². The third-order valence-electron chi connectivity index (χ3n) is 3.68. The van der Waals surface area contributed by atoms with Crippen LogP contribution >= 0.6 is 11.8 Å². The highest BCUT2D eigenvalue weighted by Crippen LogP contribution is 2.25. The van der Waals surface area contributed by atoms with E-state index >= 15 is 0 Å². The SMILES string of the molecule is CCOc1ccccc1-n1nnnc1SCC(=O)OCC(=O)c1ccc(F)cc1. The monoisotopic (exact) mass is 416 g/mol. The summed E-state index contributed by atoms with van der Waals surface area (Å²) in [6.45, 7) is 1.93. The summed E-state index contributed by atoms with van der Waals surface area (Å²) >= 11 is 1.07. The lowest BCUT2D eigenvalue weighted by molar-refractivity contribution is -0.139. The fourth-order valence-electron chi connectivity index (χ4n) is 2.36. The molecule has 0 aliphatic heterocycles. The van der Waals surface area contributed by atoms with Crippen LogP contribution < -0.4 is 4.74 Å². The van der Waals surface area contributed by atoms with Crippen LogP contribution in [0.1, 0.15) is 17.3 Å². The molecule has 0 aliphatic rings. The number of aromatic nitrogens is 4. The predicted molar refractivity (Wildman–Crippen MR) is 103 cm³/mol. The highest BCUT2D eigenvalue weighted by molar-refractivity contribution is 7.99. The van der Waals surface area contributed by atoms with E-state index in [9.17, 15) is 14.0 Å². The molecule has 0 N–H and O–H groups in total. The first kappa shape index (κ1) is 20.5. The highest BCUT2D eigenvalue weighted by Gasteiger charge is 2.16. The smallest absolute Gasteiger partial charge is 0.316 e. The van der Waals surface area contributed by atoms with Gasteiger partial charge in [0, 0.05) is 5.56 Å². The number of carbonyl (C=O) groups is 2. The molecule has 0 amide bonds. The molecule has 0 saturated carbocycles. The number of hydrogen-bond acceptors (Lipinski definition) is 8. The molecule has 1 aromatic heterocycles. The molecule has 0 saturated heterocycles. The number of Topliss-reactive ketones (excluding diaryl/α,β-unsaturated/α-hetero) is 1. The molecule has 1 heterocycles. The van der Waals surface area contributed by atoms with Crippen molar-refractivity contribution in [3.8, 4) is 11.4 Å². The maximum Gasteiger partial charge on any atom is 0.316 e. The van der Waals surface area contributed by atoms with Crippen LogP contribution in [0.2, 0.25) is 0 Å². The number of nitrogens with zero attached hydrogens (tertiary/aromatic N) is 4. The number of rotatable bonds is 9. The van der Waals surface area contributed by atoms with E-state index in [2.05, 4.69) is 15.5 Å². The summed E-state index contributed by atoms with van der Waals surface area (Å²) in [5.41, 5.74) is 0.907. The van der Waals surface area contributed by atoms with Crippen LogP contribution in [0.15, 0.2) is 53.7 Å². The van der Waals surface area contributed by atoms with Gasteiger partial charge in [-0.05, 0) is 53.7 Å². The zero-order valence-electron chi connectivity index (χ0n) is 15.4. The molecule has 0 radical (unpaired) electrons. The molecule has 0 atom stereocenters. The van der Waals surface area contributed by atoms with E-state index in [0.29, 0.717) is 23.2 Å². The molecule has 0 spiro atoms. The Morgan fingerprint density at radius 1 is 1.14 bits per heavy atom. The van der Waals surface area contributed by atoms with Gasteiger partial charge in [-0.1, -0.05) is 23.9 Å². The normalized spacial score (nSPS) is 10.6. The van der Waals surface area contributed by atoms with Gasteiger partial charge in [-0.25, -0.2) is 4.39 Å². The zero-order valence-corrected chi connectivity index (χ0v) is 16.3. The van der Waals surface area contributed by atoms with E-state index in [1.807, 2.05) is 19.1 Å². The lowest BCUT2D eigenvalue weighted by Crippen LogP contribution is -2.16. The van der Waals surface area contributed by atoms with Crippen molar-refractivity contribution in [2.45, 2.75) is 12.1 Å². The van der Waals surface area contributed by atoms with E-state index in [-0.39, 0.29) is 11.3 Å². The largest absolute Gasteiger partial charge is 0.492 e. The maximum atomic E-state index is 12.9. The van der Waals surface area contributed by atoms with Gasteiger partial charge < -0.3 is 9.47 Å². The van der Waals surface area contributed by atoms with Crippen molar-refractivity contribution in [2.24, 2.45) is 0 Å². The minimum Gasteiger partial charge on any atom is -0.492 e. The summed E-state index contributed by atoms with van der Waals surface area (Å²) in [5.74, 6) is -0.944. The average Bonchev–Trinajstić information content (AvgIpc) is 3.20. The number of ether oxygens (including phenoxy) is 2. The highest BCUT2D eigenvalue weighted by atomic mass is 32.2. The second-order valence-electron chi connectivity index (χ2n) is 5.65. The second kappa shape index (κ2) is 9.78. The van der Waals surface area contributed by atoms with Gasteiger partial charge in [-0.2, -0.15) is 4.68 Å². The average molecular weight is 416 g/mol. The van der Waals surface area contributed by atoms with Crippen molar-refractivity contribution in [2.75, 3.05) is 19.0 Å². The number of tetrazole rings is 1. The first-order chi connectivity index (χ1) is 14.1. The molecule has 2 aromatic carbocycles. The third kappa shape index (κ3) is 5.38. The number of ketones is 1. The van der Waals surface area contributed by atoms with Gasteiger partial charge in [0.05, 0.1) is 12.4 Å². The molecule has 0 unspecified atom stereocenters. The molecular weight excluding hydrogens is 399 g/mol. The number of benzene rings is 2. The quantitative estimate of drug-likeness (QED) is 0.298. The molecule has 0 bridgehead atoms. The first-order valence-corrected chi connectivity index (χ1v) is 9.64. The van der Waals surface area contributed by atoms with Crippen molar-refractivity contribution in [1.29, 1.82) is 0 Å². The van der Waals surface area contributed by atoms with Crippen LogP contribution in [0.3, 0.4) is 0 Å². The standard InChI is InChI=1S/C19H17FN4O4S/c1-2-27-17-6-4-3-5-15(17)24-19(21-22-23-24)29-12-18(26)28-11-16(25)13-7-9-14(20)10-8-13/h3-10H,2,11-12H2,1H3. The summed E-state index contributed by atoms with van der Waals surface area (Å²) < 4.78 is 24.9. The zero-order chi connectivity index (χ0) is 20.6. The number of thioether (sulfide) groups is 1. The fourth-order valence-corrected chi connectivity index (χ4v) is 3.04. The number of esters is 1. The Kier molecular flexibility index (Phi) is 6.90. The Morgan fingerprint density at radius 3 is 2.66 bits per heavy atom. The summed E-state index contributed by atoms with van der Waals surface area (Å²) in [7, 11) is 0. The van der Waals surface area contributed by atoms with E-state index in [0.717, 1.165) is 11.8 Å². The van der Waals surface area contributed by atoms with E-state index in [4.69, 9.17) is 9.47 Å². The van der Waals surface area contributed by atoms with Crippen molar-refractivity contribution in [3.63, 3.8) is 0 Å². The Labute approximate surface area is 170 Å². The third-order valence-corrected chi connectivity index (χ3v) is 4.58. The van der Waals surface area contributed by atoms with Crippen LogP contribution in [-0.2, 0) is 9.53 Å². The van der Waals surface area contributed by atoms with E-state index < -0.39 is 24.2 Å². The van der Waals surface area contributed by atoms with Crippen LogP contribution in [0, 0.1) is 5.82 Å². The molecule has 0 aliphatic carbocycles. The molecule has 0 fully saturated rings. The van der Waals surface area contributed by atoms with Gasteiger partial charge in [-0.15, -0.1) is 5.10 Å². The maximum absolute atomic E-state index is 12.9. The van der Waals surface area contributed by atoms with Gasteiger partial charge in [0.1, 0.15) is 17.3 Å². The molecular formula is C19H17FN4O4S. The Hall–Kier alpha value is -3.27. The van der Waals surface area contributed by atoms with Gasteiger partial charge in [0.25, 0.3) is 0 Å². The van der Waals surface area contributed by atoms with Crippen LogP contribution in [-0.4, -0.2) is 50.9 Å². The molecule has 3 aromatic rings. The lowest BCUT2D eigenvalue weighted by Gasteiger charge is -2.10. The van der Waals surface area contributed by atoms with E-state index in [1.54, 1.807) is 12.1 Å². The Bertz CT molecular complexity index is 994. The number of carbonyl (C=O) groups excluding carboxylic acids is 2. The van der Waals surface area contributed by atoms with Gasteiger partial charge in [-0.3, -0.25) is 9.59 Å². The predicted octanol–water partition coefficient (Wildman–Crippen LogP) is 2.72. The molecule has 3 rings (SSSR count). The van der Waals surface area contributed by atoms with Gasteiger partial charge in [0.15, 0.2) is 12.4 Å². The van der Waals surface area contributed by atoms with Gasteiger partial charge in [0.2, 0.25) is 5.16 Å². The lowest BCUT2D eigenvalue weighted by atomic mass is 10.1. The summed E-state index contributed by atoms with van der Waals surface area (Å²) in [5, 5.41) is 11.9. The Morgan fingerprint density at radius 2 is 1.90 bits per heavy atom. The Balaban J connectivity index is 1.57. The molecule has 29 heavy (non-hydrogen) atoms. The first-order valence-electron chi connectivity index (χ1n) is 8.66. The van der Waals surface area contributed by atoms with Crippen LogP contribution in [0.4, 0.5) is 4.39 Å². The van der Waals surface area contributed by atoms with Crippen molar-refractivity contribution in [1.82, 2.24) is 20.2 Å². The van der Waals surface area contributed by atoms with Gasteiger partial charge >= 0.3 is 5.97 Å². The number of para-hydroxylation sites is 2. The van der Waals surface area contributed by atoms with Crippen LogP contribution in [0.25, 0.3) is 5.69 Å². The number of hydrogen-bond donors (Lipinski definition) is 0. The molecule has 150 valence electrons.